The topological polar surface area (TPSA) is 48.0 Å². The van der Waals surface area contributed by atoms with Gasteiger partial charge in [0.15, 0.2) is 11.5 Å². The van der Waals surface area contributed by atoms with Gasteiger partial charge in [-0.2, -0.15) is 0 Å². The molecule has 1 aromatic carbocycles. The largest absolute Gasteiger partial charge is 0.493 e. The van der Waals surface area contributed by atoms with Crippen LogP contribution in [0.25, 0.3) is 10.6 Å². The number of hydrogen-bond donors (Lipinski definition) is 1. The van der Waals surface area contributed by atoms with Crippen molar-refractivity contribution in [1.82, 2.24) is 4.98 Å². The minimum Gasteiger partial charge on any atom is -0.493 e. The van der Waals surface area contributed by atoms with Gasteiger partial charge in [-0.05, 0) is 31.5 Å². The number of benzene rings is 1. The zero-order valence-electron chi connectivity index (χ0n) is 12.9. The summed E-state index contributed by atoms with van der Waals surface area (Å²) in [5.74, 6) is 1.53. The van der Waals surface area contributed by atoms with E-state index in [2.05, 4.69) is 17.6 Å². The highest BCUT2D eigenvalue weighted by Gasteiger charge is 2.10. The van der Waals surface area contributed by atoms with Crippen molar-refractivity contribution in [3.63, 3.8) is 0 Å². The molecule has 1 heterocycles. The quantitative estimate of drug-likeness (QED) is 0.763. The lowest BCUT2D eigenvalue weighted by Gasteiger charge is -2.09. The Labute approximate surface area is 130 Å². The van der Waals surface area contributed by atoms with E-state index in [1.165, 1.54) is 6.42 Å². The third-order valence-corrected chi connectivity index (χ3v) is 4.05. The molecule has 2 rings (SSSR count). The highest BCUT2D eigenvalue weighted by Crippen LogP contribution is 2.33. The maximum absolute atomic E-state index is 5.54. The fourth-order valence-electron chi connectivity index (χ4n) is 2.06. The van der Waals surface area contributed by atoms with Crippen LogP contribution in [0.2, 0.25) is 0 Å². The molecule has 1 aromatic heterocycles. The third-order valence-electron chi connectivity index (χ3n) is 3.11. The molecule has 0 atom stereocenters. The molecule has 0 aliphatic heterocycles. The van der Waals surface area contributed by atoms with Crippen molar-refractivity contribution in [3.8, 4) is 22.1 Å². The van der Waals surface area contributed by atoms with Crippen molar-refractivity contribution in [1.29, 1.82) is 0 Å². The number of aromatic nitrogens is 1. The molecule has 0 bridgehead atoms. The Morgan fingerprint density at radius 1 is 1.24 bits per heavy atom. The average Bonchev–Trinajstić information content (AvgIpc) is 2.97. The van der Waals surface area contributed by atoms with Crippen molar-refractivity contribution in [3.05, 3.63) is 29.3 Å². The highest BCUT2D eigenvalue weighted by atomic mass is 32.1. The fraction of sp³-hybridized carbons (Fsp3) is 0.438. The molecule has 0 radical (unpaired) electrons. The van der Waals surface area contributed by atoms with Gasteiger partial charge in [0.2, 0.25) is 0 Å². The minimum atomic E-state index is 0.629. The standard InChI is InChI=1S/C16H22N2O2S/c1-4-8-17-10-13-11-21-16(18-13)12-6-7-14(20-5-2)15(9-12)19-3/h6-7,9,11,17H,4-5,8,10H2,1-3H3/p+1. The minimum absolute atomic E-state index is 0.629. The molecule has 4 nitrogen and oxygen atoms in total. The summed E-state index contributed by atoms with van der Waals surface area (Å²) >= 11 is 1.67. The Balaban J connectivity index is 2.14. The highest BCUT2D eigenvalue weighted by molar-refractivity contribution is 7.13. The molecule has 5 heteroatoms. The molecule has 21 heavy (non-hydrogen) atoms. The normalized spacial score (nSPS) is 10.6. The zero-order valence-corrected chi connectivity index (χ0v) is 13.7. The summed E-state index contributed by atoms with van der Waals surface area (Å²) < 4.78 is 10.9. The average molecular weight is 307 g/mol. The van der Waals surface area contributed by atoms with Crippen molar-refractivity contribution in [2.24, 2.45) is 0 Å². The van der Waals surface area contributed by atoms with Gasteiger partial charge in [0.05, 0.1) is 20.3 Å². The van der Waals surface area contributed by atoms with Gasteiger partial charge in [-0.15, -0.1) is 11.3 Å². The van der Waals surface area contributed by atoms with Crippen LogP contribution in [0.1, 0.15) is 26.0 Å². The predicted molar refractivity (Wildman–Crippen MR) is 86.1 cm³/mol. The maximum atomic E-state index is 5.54. The molecule has 0 spiro atoms. The summed E-state index contributed by atoms with van der Waals surface area (Å²) in [5.41, 5.74) is 2.21. The molecule has 0 aliphatic rings. The summed E-state index contributed by atoms with van der Waals surface area (Å²) in [6, 6.07) is 5.97. The van der Waals surface area contributed by atoms with Gasteiger partial charge < -0.3 is 14.8 Å². The molecule has 114 valence electrons. The van der Waals surface area contributed by atoms with Crippen LogP contribution in [0, 0.1) is 0 Å². The zero-order chi connectivity index (χ0) is 15.1. The van der Waals surface area contributed by atoms with E-state index in [0.717, 1.165) is 40.9 Å². The lowest BCUT2D eigenvalue weighted by atomic mass is 10.2. The Morgan fingerprint density at radius 3 is 2.81 bits per heavy atom. The van der Waals surface area contributed by atoms with Crippen LogP contribution < -0.4 is 14.8 Å². The van der Waals surface area contributed by atoms with E-state index in [-0.39, 0.29) is 0 Å². The Bertz CT molecular complexity index is 569. The number of quaternary nitrogens is 1. The first-order chi connectivity index (χ1) is 10.3. The fourth-order valence-corrected chi connectivity index (χ4v) is 2.89. The molecular weight excluding hydrogens is 284 g/mol. The first-order valence-corrected chi connectivity index (χ1v) is 8.23. The molecule has 0 aliphatic carbocycles. The van der Waals surface area contributed by atoms with Gasteiger partial charge in [0, 0.05) is 10.9 Å². The van der Waals surface area contributed by atoms with Crippen molar-refractivity contribution in [2.75, 3.05) is 20.3 Å². The van der Waals surface area contributed by atoms with Crippen molar-refractivity contribution in [2.45, 2.75) is 26.8 Å². The monoisotopic (exact) mass is 307 g/mol. The lowest BCUT2D eigenvalue weighted by molar-refractivity contribution is -0.671. The van der Waals surface area contributed by atoms with Crippen LogP contribution in [0.5, 0.6) is 11.5 Å². The molecule has 2 aromatic rings. The van der Waals surface area contributed by atoms with Crippen molar-refractivity contribution < 1.29 is 14.8 Å². The van der Waals surface area contributed by atoms with Crippen LogP contribution in [-0.2, 0) is 6.54 Å². The summed E-state index contributed by atoms with van der Waals surface area (Å²) in [4.78, 5) is 4.69. The second-order valence-corrected chi connectivity index (χ2v) is 5.58. The van der Waals surface area contributed by atoms with Crippen LogP contribution in [0.4, 0.5) is 0 Å². The van der Waals surface area contributed by atoms with Crippen LogP contribution in [-0.4, -0.2) is 25.2 Å². The molecule has 0 saturated heterocycles. The van der Waals surface area contributed by atoms with Gasteiger partial charge in [0.25, 0.3) is 0 Å². The van der Waals surface area contributed by atoms with E-state index < -0.39 is 0 Å². The van der Waals surface area contributed by atoms with Crippen LogP contribution in [0.3, 0.4) is 0 Å². The molecule has 0 fully saturated rings. The number of ether oxygens (including phenoxy) is 2. The summed E-state index contributed by atoms with van der Waals surface area (Å²) in [6.45, 7) is 6.87. The summed E-state index contributed by atoms with van der Waals surface area (Å²) in [7, 11) is 1.66. The molecule has 0 amide bonds. The van der Waals surface area contributed by atoms with E-state index >= 15 is 0 Å². The van der Waals surface area contributed by atoms with E-state index in [0.29, 0.717) is 6.61 Å². The van der Waals surface area contributed by atoms with Gasteiger partial charge in [-0.25, -0.2) is 4.98 Å². The van der Waals surface area contributed by atoms with Gasteiger partial charge in [0.1, 0.15) is 17.2 Å². The number of hydrogen-bond acceptors (Lipinski definition) is 4. The van der Waals surface area contributed by atoms with Crippen LogP contribution >= 0.6 is 11.3 Å². The number of rotatable bonds is 8. The van der Waals surface area contributed by atoms with Gasteiger partial charge in [-0.1, -0.05) is 6.92 Å². The van der Waals surface area contributed by atoms with E-state index in [4.69, 9.17) is 14.5 Å². The summed E-state index contributed by atoms with van der Waals surface area (Å²) in [6.07, 6.45) is 1.19. The number of methoxy groups -OCH3 is 1. The molecule has 2 N–H and O–H groups in total. The third kappa shape index (κ3) is 4.19. The first kappa shape index (κ1) is 15.8. The Kier molecular flexibility index (Phi) is 6.02. The predicted octanol–water partition coefficient (Wildman–Crippen LogP) is 2.69. The van der Waals surface area contributed by atoms with Gasteiger partial charge in [-0.3, -0.25) is 0 Å². The van der Waals surface area contributed by atoms with Crippen molar-refractivity contribution >= 4 is 11.3 Å². The van der Waals surface area contributed by atoms with E-state index in [1.807, 2.05) is 25.1 Å². The number of nitrogens with zero attached hydrogens (tertiary/aromatic N) is 1. The van der Waals surface area contributed by atoms with Gasteiger partial charge >= 0.3 is 0 Å². The molecular formula is C16H23N2O2S+. The maximum Gasteiger partial charge on any atom is 0.161 e. The molecule has 0 saturated carbocycles. The van der Waals surface area contributed by atoms with E-state index in [1.54, 1.807) is 18.4 Å². The first-order valence-electron chi connectivity index (χ1n) is 7.35. The second-order valence-electron chi connectivity index (χ2n) is 4.72. The smallest absolute Gasteiger partial charge is 0.161 e. The summed E-state index contributed by atoms with van der Waals surface area (Å²) in [5, 5.41) is 5.44. The Morgan fingerprint density at radius 2 is 2.10 bits per heavy atom. The second kappa shape index (κ2) is 8.00. The number of nitrogens with two attached hydrogens (primary N) is 1. The molecule has 0 unspecified atom stereocenters. The lowest BCUT2D eigenvalue weighted by Crippen LogP contribution is -2.82. The van der Waals surface area contributed by atoms with E-state index in [9.17, 15) is 0 Å². The SMILES string of the molecule is CCC[NH2+]Cc1csc(-c2ccc(OCC)c(OC)c2)n1. The van der Waals surface area contributed by atoms with Crippen LogP contribution in [0.15, 0.2) is 23.6 Å². The Hall–Kier alpha value is -1.59. The number of thiazole rings is 1.